The molecule has 21 heavy (non-hydrogen) atoms. The van der Waals surface area contributed by atoms with E-state index in [0.717, 1.165) is 12.8 Å². The quantitative estimate of drug-likeness (QED) is 0.643. The number of nitrogens with zero attached hydrogens (tertiary/aromatic N) is 1. The van der Waals surface area contributed by atoms with Gasteiger partial charge in [0.15, 0.2) is 5.75 Å². The van der Waals surface area contributed by atoms with Gasteiger partial charge in [0, 0.05) is 23.1 Å². The third kappa shape index (κ3) is 2.67. The molecular weight excluding hydrogens is 307 g/mol. The lowest BCUT2D eigenvalue weighted by atomic mass is 10.1. The maximum absolute atomic E-state index is 12.5. The van der Waals surface area contributed by atoms with Crippen LogP contribution in [-0.2, 0) is 10.1 Å². The molecule has 1 heterocycles. The highest BCUT2D eigenvalue weighted by molar-refractivity contribution is 7.88. The van der Waals surface area contributed by atoms with Crippen LogP contribution in [0.4, 0.5) is 13.2 Å². The topological polar surface area (TPSA) is 56.3 Å². The maximum atomic E-state index is 12.5. The van der Waals surface area contributed by atoms with Crippen molar-refractivity contribution in [1.29, 1.82) is 0 Å². The zero-order valence-corrected chi connectivity index (χ0v) is 11.4. The van der Waals surface area contributed by atoms with E-state index in [1.54, 1.807) is 18.2 Å². The van der Waals surface area contributed by atoms with Gasteiger partial charge in [0.1, 0.15) is 0 Å². The normalized spacial score (nSPS) is 16.1. The molecule has 0 radical (unpaired) electrons. The summed E-state index contributed by atoms with van der Waals surface area (Å²) in [6.07, 6.45) is 1.77. The standard InChI is InChI=1S/C13H10F3NO3S/c14-13(15,16)21(18,19)20-12-7-11(8-5-6-8)17-10-4-2-1-3-9(10)12/h1-4,7-8H,5-6H2. The van der Waals surface area contributed by atoms with Crippen LogP contribution in [0.15, 0.2) is 30.3 Å². The van der Waals surface area contributed by atoms with Gasteiger partial charge in [0.25, 0.3) is 0 Å². The zero-order valence-electron chi connectivity index (χ0n) is 10.6. The Morgan fingerprint density at radius 1 is 1.19 bits per heavy atom. The summed E-state index contributed by atoms with van der Waals surface area (Å²) in [5.74, 6) is -0.176. The van der Waals surface area contributed by atoms with Crippen LogP contribution in [0.2, 0.25) is 0 Å². The first-order valence-electron chi connectivity index (χ1n) is 6.18. The van der Waals surface area contributed by atoms with Crippen molar-refractivity contribution in [3.05, 3.63) is 36.0 Å². The first kappa shape index (κ1) is 14.1. The molecule has 0 unspecified atom stereocenters. The second-order valence-corrected chi connectivity index (χ2v) is 6.36. The van der Waals surface area contributed by atoms with Crippen molar-refractivity contribution in [2.45, 2.75) is 24.3 Å². The van der Waals surface area contributed by atoms with Crippen molar-refractivity contribution in [2.75, 3.05) is 0 Å². The summed E-state index contributed by atoms with van der Waals surface area (Å²) in [6.45, 7) is 0. The largest absolute Gasteiger partial charge is 0.534 e. The van der Waals surface area contributed by atoms with Crippen LogP contribution >= 0.6 is 0 Å². The van der Waals surface area contributed by atoms with Gasteiger partial charge in [-0.05, 0) is 25.0 Å². The van der Waals surface area contributed by atoms with Crippen molar-refractivity contribution < 1.29 is 25.8 Å². The molecule has 1 aliphatic carbocycles. The molecule has 2 aromatic rings. The fourth-order valence-electron chi connectivity index (χ4n) is 1.99. The van der Waals surface area contributed by atoms with E-state index < -0.39 is 15.6 Å². The van der Waals surface area contributed by atoms with E-state index >= 15 is 0 Å². The summed E-state index contributed by atoms with van der Waals surface area (Å²) in [7, 11) is -5.69. The molecular formula is C13H10F3NO3S. The summed E-state index contributed by atoms with van der Waals surface area (Å²) in [4.78, 5) is 4.33. The number of alkyl halides is 3. The molecule has 0 bridgehead atoms. The average Bonchev–Trinajstić information content (AvgIpc) is 3.21. The van der Waals surface area contributed by atoms with Gasteiger partial charge in [0.2, 0.25) is 0 Å². The van der Waals surface area contributed by atoms with Gasteiger partial charge in [-0.1, -0.05) is 12.1 Å². The summed E-state index contributed by atoms with van der Waals surface area (Å²) in [6, 6.07) is 7.61. The Morgan fingerprint density at radius 3 is 2.48 bits per heavy atom. The minimum atomic E-state index is -5.69. The zero-order chi connectivity index (χ0) is 15.3. The molecule has 8 heteroatoms. The van der Waals surface area contributed by atoms with Crippen molar-refractivity contribution >= 4 is 21.0 Å². The number of halogens is 3. The number of aromatic nitrogens is 1. The summed E-state index contributed by atoms with van der Waals surface area (Å²) in [5.41, 5.74) is -4.49. The van der Waals surface area contributed by atoms with Crippen molar-refractivity contribution in [3.63, 3.8) is 0 Å². The molecule has 1 aromatic heterocycles. The molecule has 1 aliphatic rings. The lowest BCUT2D eigenvalue weighted by molar-refractivity contribution is -0.0499. The van der Waals surface area contributed by atoms with Gasteiger partial charge in [-0.3, -0.25) is 4.98 Å². The number of benzene rings is 1. The lowest BCUT2D eigenvalue weighted by Crippen LogP contribution is -2.28. The Hall–Kier alpha value is -1.83. The van der Waals surface area contributed by atoms with E-state index in [2.05, 4.69) is 9.17 Å². The fraction of sp³-hybridized carbons (Fsp3) is 0.308. The monoisotopic (exact) mass is 317 g/mol. The number of hydrogen-bond acceptors (Lipinski definition) is 4. The van der Waals surface area contributed by atoms with Gasteiger partial charge in [0.05, 0.1) is 5.52 Å². The second-order valence-electron chi connectivity index (χ2n) is 4.82. The third-order valence-electron chi connectivity index (χ3n) is 3.18. The van der Waals surface area contributed by atoms with E-state index in [-0.39, 0.29) is 17.1 Å². The highest BCUT2D eigenvalue weighted by Crippen LogP contribution is 2.42. The molecule has 4 nitrogen and oxygen atoms in total. The molecule has 0 amide bonds. The Labute approximate surface area is 118 Å². The molecule has 0 N–H and O–H groups in total. The Bertz CT molecular complexity index is 798. The van der Waals surface area contributed by atoms with Crippen LogP contribution in [0, 0.1) is 0 Å². The first-order chi connectivity index (χ1) is 9.78. The number of hydrogen-bond donors (Lipinski definition) is 0. The van der Waals surface area contributed by atoms with Crippen LogP contribution in [0.3, 0.4) is 0 Å². The molecule has 112 valence electrons. The lowest BCUT2D eigenvalue weighted by Gasteiger charge is -2.12. The third-order valence-corrected chi connectivity index (χ3v) is 4.14. The fourth-order valence-corrected chi connectivity index (χ4v) is 2.45. The number of pyridine rings is 1. The molecule has 0 aliphatic heterocycles. The smallest absolute Gasteiger partial charge is 0.375 e. The van der Waals surface area contributed by atoms with E-state index in [1.165, 1.54) is 12.1 Å². The van der Waals surface area contributed by atoms with Crippen LogP contribution in [0.25, 0.3) is 10.9 Å². The Kier molecular flexibility index (Phi) is 3.09. The minimum absolute atomic E-state index is 0.158. The van der Waals surface area contributed by atoms with E-state index in [0.29, 0.717) is 11.2 Å². The van der Waals surface area contributed by atoms with Gasteiger partial charge in [-0.2, -0.15) is 21.6 Å². The summed E-state index contributed by atoms with van der Waals surface area (Å²) in [5, 5.41) is 0.231. The molecule has 0 spiro atoms. The molecule has 1 fully saturated rings. The Balaban J connectivity index is 2.12. The van der Waals surface area contributed by atoms with Crippen LogP contribution in [-0.4, -0.2) is 18.9 Å². The molecule has 0 saturated heterocycles. The Morgan fingerprint density at radius 2 is 1.86 bits per heavy atom. The SMILES string of the molecule is O=S(=O)(Oc1cc(C2CC2)nc2ccccc12)C(F)(F)F. The predicted octanol–water partition coefficient (Wildman–Crippen LogP) is 3.34. The van der Waals surface area contributed by atoms with Crippen LogP contribution in [0.1, 0.15) is 24.5 Å². The first-order valence-corrected chi connectivity index (χ1v) is 7.59. The number of rotatable bonds is 3. The predicted molar refractivity (Wildman–Crippen MR) is 69.3 cm³/mol. The number of para-hydroxylation sites is 1. The highest BCUT2D eigenvalue weighted by Gasteiger charge is 2.48. The molecule has 3 rings (SSSR count). The van der Waals surface area contributed by atoms with Crippen molar-refractivity contribution in [3.8, 4) is 5.75 Å². The summed E-state index contributed by atoms with van der Waals surface area (Å²) >= 11 is 0. The minimum Gasteiger partial charge on any atom is -0.375 e. The van der Waals surface area contributed by atoms with E-state index in [9.17, 15) is 21.6 Å². The second kappa shape index (κ2) is 4.59. The van der Waals surface area contributed by atoms with Gasteiger partial charge in [-0.25, -0.2) is 0 Å². The van der Waals surface area contributed by atoms with E-state index in [4.69, 9.17) is 0 Å². The highest BCUT2D eigenvalue weighted by atomic mass is 32.2. The molecule has 1 aromatic carbocycles. The van der Waals surface area contributed by atoms with Crippen LogP contribution < -0.4 is 4.18 Å². The average molecular weight is 317 g/mol. The number of fused-ring (bicyclic) bond motifs is 1. The van der Waals surface area contributed by atoms with Crippen molar-refractivity contribution in [1.82, 2.24) is 4.98 Å². The molecule has 0 atom stereocenters. The van der Waals surface area contributed by atoms with Crippen LogP contribution in [0.5, 0.6) is 5.75 Å². The van der Waals surface area contributed by atoms with Gasteiger partial charge < -0.3 is 4.18 Å². The van der Waals surface area contributed by atoms with Crippen molar-refractivity contribution in [2.24, 2.45) is 0 Å². The molecule has 1 saturated carbocycles. The van der Waals surface area contributed by atoms with E-state index in [1.807, 2.05) is 0 Å². The van der Waals surface area contributed by atoms with Gasteiger partial charge in [-0.15, -0.1) is 0 Å². The van der Waals surface area contributed by atoms with Gasteiger partial charge >= 0.3 is 15.6 Å². The maximum Gasteiger partial charge on any atom is 0.534 e. The summed E-state index contributed by atoms with van der Waals surface area (Å²) < 4.78 is 64.1.